The lowest BCUT2D eigenvalue weighted by molar-refractivity contribution is -0.110. The van der Waals surface area contributed by atoms with Gasteiger partial charge in [-0.3, -0.25) is 9.59 Å². The molecule has 34 heavy (non-hydrogen) atoms. The Morgan fingerprint density at radius 2 is 1.97 bits per heavy atom. The average molecular weight is 459 g/mol. The minimum absolute atomic E-state index is 0.0258. The number of aromatic nitrogens is 3. The van der Waals surface area contributed by atoms with Crippen LogP contribution in [0.5, 0.6) is 0 Å². The first-order valence-corrected chi connectivity index (χ1v) is 11.3. The van der Waals surface area contributed by atoms with Crippen LogP contribution in [0.2, 0.25) is 0 Å². The van der Waals surface area contributed by atoms with Crippen molar-refractivity contribution in [2.45, 2.75) is 19.9 Å². The second-order valence-electron chi connectivity index (χ2n) is 8.42. The molecule has 174 valence electrons. The Morgan fingerprint density at radius 3 is 2.74 bits per heavy atom. The zero-order valence-corrected chi connectivity index (χ0v) is 19.1. The maximum atomic E-state index is 12.9. The maximum absolute atomic E-state index is 12.9. The number of hydrogen-bond acceptors (Lipinski definition) is 6. The standard InChI is InChI=1S/C25H26N6O3/c1-15-12-20(25(33)31-8-10-34-11-9-31)29-19(15)13-18-21-22(26-14-27-23(21)30-24(18)32)28-16(2)17-6-4-3-5-7-17/h3-7,12-14,16,29H,8-11H2,1-2H3,(H2,26,27,28,30,32)/b18-13-/t16-/m1/s1. The van der Waals surface area contributed by atoms with Gasteiger partial charge in [0, 0.05) is 24.8 Å². The fourth-order valence-corrected chi connectivity index (χ4v) is 4.22. The summed E-state index contributed by atoms with van der Waals surface area (Å²) in [7, 11) is 0. The van der Waals surface area contributed by atoms with Gasteiger partial charge in [0.05, 0.1) is 24.4 Å². The first-order valence-electron chi connectivity index (χ1n) is 11.3. The highest BCUT2D eigenvalue weighted by Gasteiger charge is 2.30. The number of rotatable bonds is 5. The SMILES string of the molecule is Cc1cc(C(=O)N2CCOCC2)[nH]c1/C=C1\C(=O)Nc2ncnc(N[C@H](C)c3ccccc3)c21. The number of nitrogens with one attached hydrogen (secondary N) is 3. The smallest absolute Gasteiger partial charge is 0.270 e. The summed E-state index contributed by atoms with van der Waals surface area (Å²) in [4.78, 5) is 39.4. The molecule has 5 rings (SSSR count). The third-order valence-electron chi connectivity index (χ3n) is 6.12. The van der Waals surface area contributed by atoms with Crippen molar-refractivity contribution in [3.63, 3.8) is 0 Å². The number of aromatic amines is 1. The van der Waals surface area contributed by atoms with E-state index >= 15 is 0 Å². The number of benzene rings is 1. The van der Waals surface area contributed by atoms with Gasteiger partial charge in [-0.1, -0.05) is 30.3 Å². The molecule has 1 aromatic carbocycles. The van der Waals surface area contributed by atoms with E-state index in [1.807, 2.05) is 50.2 Å². The summed E-state index contributed by atoms with van der Waals surface area (Å²) in [5.74, 6) is 0.693. The molecule has 2 amide bonds. The number of hydrogen-bond donors (Lipinski definition) is 3. The Hall–Kier alpha value is -3.98. The summed E-state index contributed by atoms with van der Waals surface area (Å²) >= 11 is 0. The van der Waals surface area contributed by atoms with Crippen LogP contribution in [0.3, 0.4) is 0 Å². The highest BCUT2D eigenvalue weighted by molar-refractivity contribution is 6.35. The van der Waals surface area contributed by atoms with Gasteiger partial charge in [0.15, 0.2) is 0 Å². The summed E-state index contributed by atoms with van der Waals surface area (Å²) < 4.78 is 5.34. The van der Waals surface area contributed by atoms with Crippen LogP contribution in [0, 0.1) is 6.92 Å². The highest BCUT2D eigenvalue weighted by Crippen LogP contribution is 2.37. The number of aryl methyl sites for hydroxylation is 1. The summed E-state index contributed by atoms with van der Waals surface area (Å²) in [6.45, 7) is 6.15. The highest BCUT2D eigenvalue weighted by atomic mass is 16.5. The monoisotopic (exact) mass is 458 g/mol. The number of carbonyl (C=O) groups is 2. The molecule has 2 aliphatic rings. The second kappa shape index (κ2) is 9.11. The zero-order valence-electron chi connectivity index (χ0n) is 19.1. The first-order chi connectivity index (χ1) is 16.5. The van der Waals surface area contributed by atoms with Crippen LogP contribution in [0.1, 0.15) is 45.8 Å². The number of H-pyrrole nitrogens is 1. The number of fused-ring (bicyclic) bond motifs is 1. The Balaban J connectivity index is 1.46. The molecule has 9 heteroatoms. The first kappa shape index (κ1) is 21.8. The van der Waals surface area contributed by atoms with Gasteiger partial charge < -0.3 is 25.3 Å². The van der Waals surface area contributed by atoms with Crippen molar-refractivity contribution >= 4 is 35.1 Å². The summed E-state index contributed by atoms with van der Waals surface area (Å²) in [5.41, 5.74) is 4.21. The second-order valence-corrected chi connectivity index (χ2v) is 8.42. The van der Waals surface area contributed by atoms with Crippen LogP contribution in [0.15, 0.2) is 42.7 Å². The molecule has 2 aliphatic heterocycles. The Kier molecular flexibility index (Phi) is 5.85. The fraction of sp³-hybridized carbons (Fsp3) is 0.280. The molecule has 0 saturated carbocycles. The predicted octanol–water partition coefficient (Wildman–Crippen LogP) is 3.25. The van der Waals surface area contributed by atoms with Gasteiger partial charge in [0.2, 0.25) is 0 Å². The molecule has 1 fully saturated rings. The van der Waals surface area contributed by atoms with E-state index in [0.717, 1.165) is 11.1 Å². The number of nitrogens with zero attached hydrogens (tertiary/aromatic N) is 3. The van der Waals surface area contributed by atoms with Crippen LogP contribution in [-0.2, 0) is 9.53 Å². The molecule has 0 bridgehead atoms. The van der Waals surface area contributed by atoms with Crippen LogP contribution in [-0.4, -0.2) is 58.0 Å². The fourth-order valence-electron chi connectivity index (χ4n) is 4.22. The molecule has 2 aromatic heterocycles. The number of amides is 2. The van der Waals surface area contributed by atoms with E-state index < -0.39 is 0 Å². The van der Waals surface area contributed by atoms with Crippen molar-refractivity contribution < 1.29 is 14.3 Å². The van der Waals surface area contributed by atoms with Gasteiger partial charge in [-0.2, -0.15) is 0 Å². The molecule has 9 nitrogen and oxygen atoms in total. The molecular formula is C25H26N6O3. The lowest BCUT2D eigenvalue weighted by atomic mass is 10.1. The minimum Gasteiger partial charge on any atom is -0.378 e. The zero-order chi connectivity index (χ0) is 23.7. The molecule has 0 spiro atoms. The van der Waals surface area contributed by atoms with E-state index in [9.17, 15) is 9.59 Å². The number of carbonyl (C=O) groups excluding carboxylic acids is 2. The number of anilines is 2. The molecule has 0 unspecified atom stereocenters. The maximum Gasteiger partial charge on any atom is 0.270 e. The van der Waals surface area contributed by atoms with Crippen molar-refractivity contribution in [3.8, 4) is 0 Å². The summed E-state index contributed by atoms with van der Waals surface area (Å²) in [6.07, 6.45) is 3.19. The predicted molar refractivity (Wildman–Crippen MR) is 129 cm³/mol. The molecule has 1 saturated heterocycles. The van der Waals surface area contributed by atoms with E-state index in [0.29, 0.717) is 60.5 Å². The third-order valence-corrected chi connectivity index (χ3v) is 6.12. The van der Waals surface area contributed by atoms with Crippen molar-refractivity contribution in [2.24, 2.45) is 0 Å². The lowest BCUT2D eigenvalue weighted by Crippen LogP contribution is -2.40. The number of ether oxygens (including phenoxy) is 1. The summed E-state index contributed by atoms with van der Waals surface area (Å²) in [6, 6.07) is 11.8. The quantitative estimate of drug-likeness (QED) is 0.506. The van der Waals surface area contributed by atoms with E-state index in [-0.39, 0.29) is 17.9 Å². The number of morpholine rings is 1. The van der Waals surface area contributed by atoms with E-state index in [2.05, 4.69) is 25.6 Å². The molecular weight excluding hydrogens is 432 g/mol. The van der Waals surface area contributed by atoms with E-state index in [1.54, 1.807) is 11.0 Å². The molecule has 0 radical (unpaired) electrons. The minimum atomic E-state index is -0.263. The molecule has 0 aliphatic carbocycles. The average Bonchev–Trinajstić information content (AvgIpc) is 3.39. The summed E-state index contributed by atoms with van der Waals surface area (Å²) in [5, 5.41) is 6.23. The van der Waals surface area contributed by atoms with Gasteiger partial charge in [-0.25, -0.2) is 9.97 Å². The van der Waals surface area contributed by atoms with Crippen LogP contribution >= 0.6 is 0 Å². The van der Waals surface area contributed by atoms with Crippen molar-refractivity contribution in [1.82, 2.24) is 19.9 Å². The van der Waals surface area contributed by atoms with Gasteiger partial charge in [0.25, 0.3) is 11.8 Å². The van der Waals surface area contributed by atoms with Crippen molar-refractivity contribution in [1.29, 1.82) is 0 Å². The molecule has 3 N–H and O–H groups in total. The van der Waals surface area contributed by atoms with Crippen LogP contribution in [0.25, 0.3) is 11.6 Å². The van der Waals surface area contributed by atoms with Gasteiger partial charge in [-0.05, 0) is 37.1 Å². The Bertz CT molecular complexity index is 1260. The lowest BCUT2D eigenvalue weighted by Gasteiger charge is -2.26. The van der Waals surface area contributed by atoms with Crippen molar-refractivity contribution in [2.75, 3.05) is 36.9 Å². The molecule has 4 heterocycles. The Morgan fingerprint density at radius 1 is 1.21 bits per heavy atom. The third kappa shape index (κ3) is 4.17. The Labute approximate surface area is 197 Å². The van der Waals surface area contributed by atoms with Gasteiger partial charge in [0.1, 0.15) is 23.7 Å². The molecule has 3 aromatic rings. The van der Waals surface area contributed by atoms with E-state index in [1.165, 1.54) is 6.33 Å². The van der Waals surface area contributed by atoms with Gasteiger partial charge in [-0.15, -0.1) is 0 Å². The van der Waals surface area contributed by atoms with Crippen LogP contribution < -0.4 is 10.6 Å². The van der Waals surface area contributed by atoms with E-state index in [4.69, 9.17) is 4.74 Å². The van der Waals surface area contributed by atoms with Crippen LogP contribution in [0.4, 0.5) is 11.6 Å². The van der Waals surface area contributed by atoms with Gasteiger partial charge >= 0.3 is 0 Å². The topological polar surface area (TPSA) is 112 Å². The van der Waals surface area contributed by atoms with Crippen molar-refractivity contribution in [3.05, 3.63) is 70.8 Å². The normalized spacial score (nSPS) is 17.4. The largest absolute Gasteiger partial charge is 0.378 e. The molecule has 1 atom stereocenters.